The monoisotopic (exact) mass is 286 g/mol. The smallest absolute Gasteiger partial charge is 0.270 e. The third-order valence-corrected chi connectivity index (χ3v) is 4.24. The van der Waals surface area contributed by atoms with E-state index in [1.807, 2.05) is 18.2 Å². The van der Waals surface area contributed by atoms with E-state index >= 15 is 0 Å². The average molecular weight is 286 g/mol. The molecule has 1 aromatic rings. The van der Waals surface area contributed by atoms with E-state index in [0.29, 0.717) is 0 Å². The highest BCUT2D eigenvalue weighted by molar-refractivity contribution is 6.05. The molecule has 21 heavy (non-hydrogen) atoms. The van der Waals surface area contributed by atoms with Crippen LogP contribution in [0, 0.1) is 0 Å². The zero-order valence-electron chi connectivity index (χ0n) is 11.7. The summed E-state index contributed by atoms with van der Waals surface area (Å²) in [6.07, 6.45) is 0. The van der Waals surface area contributed by atoms with Crippen molar-refractivity contribution in [3.8, 4) is 0 Å². The fourth-order valence-corrected chi connectivity index (χ4v) is 3.14. The van der Waals surface area contributed by atoms with Gasteiger partial charge in [0.2, 0.25) is 0 Å². The summed E-state index contributed by atoms with van der Waals surface area (Å²) in [5.74, 6) is -0.0787. The number of carbonyl (C=O) groups is 1. The second-order valence-corrected chi connectivity index (χ2v) is 5.51. The lowest BCUT2D eigenvalue weighted by atomic mass is 9.99. The largest absolute Gasteiger partial charge is 0.380 e. The van der Waals surface area contributed by atoms with Crippen molar-refractivity contribution in [2.45, 2.75) is 0 Å². The molecule has 0 aliphatic carbocycles. The minimum atomic E-state index is -0.0787. The van der Waals surface area contributed by atoms with Crippen LogP contribution < -0.4 is 16.2 Å². The molecule has 1 amide bonds. The summed E-state index contributed by atoms with van der Waals surface area (Å²) in [7, 11) is 0. The number of ether oxygens (including phenoxy) is 1. The van der Waals surface area contributed by atoms with E-state index < -0.39 is 0 Å². The van der Waals surface area contributed by atoms with Gasteiger partial charge in [0.1, 0.15) is 0 Å². The number of hydrogen-bond acceptors (Lipinski definition) is 5. The van der Waals surface area contributed by atoms with Crippen molar-refractivity contribution in [2.24, 2.45) is 0 Å². The first-order valence-corrected chi connectivity index (χ1v) is 7.28. The van der Waals surface area contributed by atoms with Crippen LogP contribution in [0.25, 0.3) is 5.57 Å². The lowest BCUT2D eigenvalue weighted by Crippen LogP contribution is -2.43. The van der Waals surface area contributed by atoms with Gasteiger partial charge in [0, 0.05) is 43.0 Å². The number of anilines is 1. The first kappa shape index (κ1) is 12.7. The molecule has 1 aromatic carbocycles. The van der Waals surface area contributed by atoms with Gasteiger partial charge in [0.05, 0.1) is 24.5 Å². The van der Waals surface area contributed by atoms with E-state index in [-0.39, 0.29) is 5.91 Å². The number of benzene rings is 1. The summed E-state index contributed by atoms with van der Waals surface area (Å²) in [5.41, 5.74) is 11.0. The maximum Gasteiger partial charge on any atom is 0.270 e. The number of hydrazine groups is 1. The minimum Gasteiger partial charge on any atom is -0.380 e. The second-order valence-electron chi connectivity index (χ2n) is 5.51. The molecule has 3 aliphatic rings. The lowest BCUT2D eigenvalue weighted by molar-refractivity contribution is 0.0414. The van der Waals surface area contributed by atoms with Crippen molar-refractivity contribution < 1.29 is 9.53 Å². The zero-order chi connectivity index (χ0) is 14.2. The van der Waals surface area contributed by atoms with Crippen molar-refractivity contribution in [1.29, 1.82) is 0 Å². The van der Waals surface area contributed by atoms with Crippen LogP contribution in [0.4, 0.5) is 5.69 Å². The van der Waals surface area contributed by atoms with Gasteiger partial charge in [-0.05, 0) is 12.1 Å². The molecular formula is C15H18N4O2. The molecule has 3 aliphatic heterocycles. The lowest BCUT2D eigenvalue weighted by Gasteiger charge is -2.28. The normalized spacial score (nSPS) is 21.2. The molecular weight excluding hydrogens is 268 g/mol. The topological polar surface area (TPSA) is 65.6 Å². The van der Waals surface area contributed by atoms with Gasteiger partial charge in [-0.2, -0.15) is 0 Å². The first-order chi connectivity index (χ1) is 10.3. The molecule has 3 heterocycles. The summed E-state index contributed by atoms with van der Waals surface area (Å²) in [6.45, 7) is 4.95. The maximum absolute atomic E-state index is 12.2. The quantitative estimate of drug-likeness (QED) is 0.734. The van der Waals surface area contributed by atoms with E-state index in [1.165, 1.54) is 5.57 Å². The molecule has 3 N–H and O–H groups in total. The van der Waals surface area contributed by atoms with Gasteiger partial charge in [-0.3, -0.25) is 15.1 Å². The molecule has 0 aromatic heterocycles. The third kappa shape index (κ3) is 2.16. The van der Waals surface area contributed by atoms with E-state index in [2.05, 4.69) is 21.1 Å². The van der Waals surface area contributed by atoms with Crippen LogP contribution in [0.5, 0.6) is 0 Å². The first-order valence-electron chi connectivity index (χ1n) is 7.28. The third-order valence-electron chi connectivity index (χ3n) is 4.24. The standard InChI is InChI=1S/C15H18N4O2/c20-15-10-2-1-3-12-14(10)11(8-16-12)13(17-18-15)9-19-4-6-21-7-5-19/h1-3,16-17H,4-9H2,(H,18,20). The molecule has 1 saturated heterocycles. The van der Waals surface area contributed by atoms with E-state index in [1.54, 1.807) is 0 Å². The molecule has 110 valence electrons. The fourth-order valence-electron chi connectivity index (χ4n) is 3.14. The van der Waals surface area contributed by atoms with E-state index in [9.17, 15) is 4.79 Å². The van der Waals surface area contributed by atoms with Gasteiger partial charge in [-0.25, -0.2) is 0 Å². The van der Waals surface area contributed by atoms with Crippen LogP contribution in [0.1, 0.15) is 15.9 Å². The molecule has 0 unspecified atom stereocenters. The Kier molecular flexibility index (Phi) is 3.05. The Morgan fingerprint density at radius 2 is 2.05 bits per heavy atom. The Morgan fingerprint density at radius 3 is 2.90 bits per heavy atom. The van der Waals surface area contributed by atoms with Crippen LogP contribution in [-0.2, 0) is 4.74 Å². The van der Waals surface area contributed by atoms with Crippen molar-refractivity contribution in [3.63, 3.8) is 0 Å². The number of carbonyl (C=O) groups excluding carboxylic acids is 1. The Balaban J connectivity index is 1.71. The number of hydrogen-bond donors (Lipinski definition) is 3. The van der Waals surface area contributed by atoms with Gasteiger partial charge < -0.3 is 15.5 Å². The molecule has 6 nitrogen and oxygen atoms in total. The van der Waals surface area contributed by atoms with Crippen LogP contribution in [0.3, 0.4) is 0 Å². The van der Waals surface area contributed by atoms with Gasteiger partial charge in [-0.1, -0.05) is 6.07 Å². The SMILES string of the molecule is O=C1NNC(CN2CCOCC2)=C2CNc3cccc1c32. The molecule has 0 radical (unpaired) electrons. The summed E-state index contributed by atoms with van der Waals surface area (Å²) >= 11 is 0. The number of nitrogens with one attached hydrogen (secondary N) is 3. The van der Waals surface area contributed by atoms with E-state index in [0.717, 1.165) is 61.9 Å². The predicted octanol–water partition coefficient (Wildman–Crippen LogP) is 0.403. The molecule has 6 heteroatoms. The van der Waals surface area contributed by atoms with Gasteiger partial charge in [0.15, 0.2) is 0 Å². The Morgan fingerprint density at radius 1 is 1.19 bits per heavy atom. The van der Waals surface area contributed by atoms with Gasteiger partial charge in [0.25, 0.3) is 5.91 Å². The number of rotatable bonds is 2. The summed E-state index contributed by atoms with van der Waals surface area (Å²) in [4.78, 5) is 14.6. The van der Waals surface area contributed by atoms with Crippen molar-refractivity contribution in [3.05, 3.63) is 35.0 Å². The maximum atomic E-state index is 12.2. The van der Waals surface area contributed by atoms with Crippen molar-refractivity contribution in [1.82, 2.24) is 15.8 Å². The van der Waals surface area contributed by atoms with Gasteiger partial charge in [-0.15, -0.1) is 0 Å². The molecule has 0 saturated carbocycles. The van der Waals surface area contributed by atoms with Gasteiger partial charge >= 0.3 is 0 Å². The average Bonchev–Trinajstić information content (AvgIpc) is 2.90. The molecule has 0 spiro atoms. The fraction of sp³-hybridized carbons (Fsp3) is 0.400. The van der Waals surface area contributed by atoms with Crippen molar-refractivity contribution in [2.75, 3.05) is 44.7 Å². The van der Waals surface area contributed by atoms with Crippen molar-refractivity contribution >= 4 is 17.2 Å². The number of nitrogens with zero attached hydrogens (tertiary/aromatic N) is 1. The molecule has 0 bridgehead atoms. The highest BCUT2D eigenvalue weighted by Gasteiger charge is 2.29. The molecule has 0 atom stereocenters. The van der Waals surface area contributed by atoms with E-state index in [4.69, 9.17) is 4.74 Å². The zero-order valence-corrected chi connectivity index (χ0v) is 11.7. The Hall–Kier alpha value is -2.05. The summed E-state index contributed by atoms with van der Waals surface area (Å²) < 4.78 is 5.39. The molecule has 4 rings (SSSR count). The Labute approximate surface area is 123 Å². The highest BCUT2D eigenvalue weighted by atomic mass is 16.5. The summed E-state index contributed by atoms with van der Waals surface area (Å²) in [5, 5.41) is 3.38. The Bertz CT molecular complexity index is 620. The van der Waals surface area contributed by atoms with Crippen LogP contribution in [0.2, 0.25) is 0 Å². The number of amides is 1. The number of morpholine rings is 1. The van der Waals surface area contributed by atoms with Crippen LogP contribution >= 0.6 is 0 Å². The highest BCUT2D eigenvalue weighted by Crippen LogP contribution is 2.36. The predicted molar refractivity (Wildman–Crippen MR) is 79.7 cm³/mol. The molecule has 1 fully saturated rings. The minimum absolute atomic E-state index is 0.0787. The summed E-state index contributed by atoms with van der Waals surface area (Å²) in [6, 6.07) is 5.81. The van der Waals surface area contributed by atoms with Crippen LogP contribution in [0.15, 0.2) is 23.9 Å². The van der Waals surface area contributed by atoms with Crippen LogP contribution in [-0.4, -0.2) is 50.2 Å². The second kappa shape index (κ2) is 5.05.